The summed E-state index contributed by atoms with van der Waals surface area (Å²) in [6.07, 6.45) is 0. The molecule has 3 heteroatoms. The molecule has 0 fully saturated rings. The van der Waals surface area contributed by atoms with Gasteiger partial charge in [0.1, 0.15) is 0 Å². The van der Waals surface area contributed by atoms with Crippen molar-refractivity contribution in [2.24, 2.45) is 0 Å². The molecule has 0 aliphatic carbocycles. The number of rotatable bonds is 1. The summed E-state index contributed by atoms with van der Waals surface area (Å²) < 4.78 is 0. The average Bonchev–Trinajstić information content (AvgIpc) is 2.07. The molecule has 0 unspecified atom stereocenters. The SMILES string of the molecule is C#N.Cc1ccc(C(=O)O)c(C)c1. The van der Waals surface area contributed by atoms with Crippen molar-refractivity contribution >= 4 is 5.97 Å². The molecule has 13 heavy (non-hydrogen) atoms. The lowest BCUT2D eigenvalue weighted by Crippen LogP contribution is -1.99. The van der Waals surface area contributed by atoms with Crippen LogP contribution in [-0.2, 0) is 0 Å². The fraction of sp³-hybridized carbons (Fsp3) is 0.200. The molecule has 0 aromatic heterocycles. The minimum atomic E-state index is -0.859. The molecule has 0 saturated carbocycles. The van der Waals surface area contributed by atoms with Crippen LogP contribution in [-0.4, -0.2) is 11.1 Å². The normalized spacial score (nSPS) is 8.31. The zero-order valence-electron chi connectivity index (χ0n) is 7.61. The van der Waals surface area contributed by atoms with Gasteiger partial charge in [-0.15, -0.1) is 0 Å². The van der Waals surface area contributed by atoms with E-state index < -0.39 is 5.97 Å². The van der Waals surface area contributed by atoms with Gasteiger partial charge in [-0.3, -0.25) is 0 Å². The first-order chi connectivity index (χ1) is 6.11. The van der Waals surface area contributed by atoms with Crippen LogP contribution in [0, 0.1) is 25.7 Å². The van der Waals surface area contributed by atoms with Crippen LogP contribution < -0.4 is 0 Å². The Morgan fingerprint density at radius 1 is 1.38 bits per heavy atom. The summed E-state index contributed by atoms with van der Waals surface area (Å²) in [6.45, 7) is 7.25. The van der Waals surface area contributed by atoms with Gasteiger partial charge in [-0.05, 0) is 25.5 Å². The molecule has 0 aliphatic rings. The largest absolute Gasteiger partial charge is 0.478 e. The number of nitrogens with zero attached hydrogens (tertiary/aromatic N) is 1. The predicted octanol–water partition coefficient (Wildman–Crippen LogP) is 2.14. The Bertz CT molecular complexity index is 329. The number of hydrogen-bond acceptors (Lipinski definition) is 2. The number of aryl methyl sites for hydroxylation is 2. The van der Waals surface area contributed by atoms with Crippen LogP contribution in [0.2, 0.25) is 0 Å². The number of hydrogen-bond donors (Lipinski definition) is 1. The second-order valence-corrected chi connectivity index (χ2v) is 2.62. The van der Waals surface area contributed by atoms with E-state index in [1.165, 1.54) is 0 Å². The summed E-state index contributed by atoms with van der Waals surface area (Å²) in [5, 5.41) is 15.2. The number of carboxylic acid groups (broad SMARTS) is 1. The van der Waals surface area contributed by atoms with Gasteiger partial charge in [0.25, 0.3) is 0 Å². The Balaban J connectivity index is 0.000000671. The predicted molar refractivity (Wildman–Crippen MR) is 49.5 cm³/mol. The van der Waals surface area contributed by atoms with E-state index in [1.807, 2.05) is 13.0 Å². The van der Waals surface area contributed by atoms with E-state index >= 15 is 0 Å². The Kier molecular flexibility index (Phi) is 4.25. The van der Waals surface area contributed by atoms with Gasteiger partial charge in [-0.2, -0.15) is 0 Å². The van der Waals surface area contributed by atoms with Gasteiger partial charge in [-0.1, -0.05) is 17.7 Å². The van der Waals surface area contributed by atoms with Gasteiger partial charge >= 0.3 is 5.97 Å². The lowest BCUT2D eigenvalue weighted by atomic mass is 10.1. The summed E-state index contributed by atoms with van der Waals surface area (Å²) in [5.41, 5.74) is 2.29. The third kappa shape index (κ3) is 2.96. The summed E-state index contributed by atoms with van der Waals surface area (Å²) >= 11 is 0. The second-order valence-electron chi connectivity index (χ2n) is 2.62. The molecule has 0 saturated heterocycles. The molecule has 1 rings (SSSR count). The van der Waals surface area contributed by atoms with Crippen molar-refractivity contribution in [3.05, 3.63) is 34.9 Å². The zero-order chi connectivity index (χ0) is 10.4. The summed E-state index contributed by atoms with van der Waals surface area (Å²) in [6, 6.07) is 5.30. The standard InChI is InChI=1S/C9H10O2.CHN/c1-6-3-4-8(9(10)11)7(2)5-6;1-2/h3-5H,1-2H3,(H,10,11);1H. The Labute approximate surface area is 77.2 Å². The lowest BCUT2D eigenvalue weighted by molar-refractivity contribution is 0.0696. The summed E-state index contributed by atoms with van der Waals surface area (Å²) in [4.78, 5) is 10.5. The molecule has 0 radical (unpaired) electrons. The maximum Gasteiger partial charge on any atom is 0.335 e. The third-order valence-corrected chi connectivity index (χ3v) is 1.61. The average molecular weight is 177 g/mol. The Morgan fingerprint density at radius 2 is 1.92 bits per heavy atom. The van der Waals surface area contributed by atoms with E-state index in [-0.39, 0.29) is 0 Å². The fourth-order valence-electron chi connectivity index (χ4n) is 1.05. The van der Waals surface area contributed by atoms with Crippen molar-refractivity contribution in [3.8, 4) is 6.57 Å². The molecule has 3 nitrogen and oxygen atoms in total. The Morgan fingerprint density at radius 3 is 2.31 bits per heavy atom. The molecule has 1 N–H and O–H groups in total. The monoisotopic (exact) mass is 177 g/mol. The first-order valence-electron chi connectivity index (χ1n) is 3.67. The topological polar surface area (TPSA) is 61.1 Å². The van der Waals surface area contributed by atoms with Crippen LogP contribution in [0.25, 0.3) is 0 Å². The minimum absolute atomic E-state index is 0.385. The molecule has 68 valence electrons. The Hall–Kier alpha value is -1.82. The molecule has 0 spiro atoms. The molecular formula is C10H11NO2. The molecular weight excluding hydrogens is 166 g/mol. The number of nitriles is 1. The highest BCUT2D eigenvalue weighted by molar-refractivity contribution is 5.89. The second kappa shape index (κ2) is 4.94. The number of carbonyl (C=O) groups is 1. The maximum atomic E-state index is 10.5. The minimum Gasteiger partial charge on any atom is -0.478 e. The summed E-state index contributed by atoms with van der Waals surface area (Å²) in [7, 11) is 0. The molecule has 0 aliphatic heterocycles. The van der Waals surface area contributed by atoms with E-state index in [4.69, 9.17) is 10.4 Å². The van der Waals surface area contributed by atoms with Crippen molar-refractivity contribution < 1.29 is 9.90 Å². The lowest BCUT2D eigenvalue weighted by Gasteiger charge is -2.00. The molecule has 1 aromatic rings. The molecule has 0 atom stereocenters. The first kappa shape index (κ1) is 11.2. The van der Waals surface area contributed by atoms with Crippen LogP contribution in [0.5, 0.6) is 0 Å². The van der Waals surface area contributed by atoms with Gasteiger partial charge in [-0.25, -0.2) is 10.1 Å². The van der Waals surface area contributed by atoms with E-state index in [0.29, 0.717) is 5.56 Å². The molecule has 0 amide bonds. The van der Waals surface area contributed by atoms with Crippen LogP contribution >= 0.6 is 0 Å². The quantitative estimate of drug-likeness (QED) is 0.714. The number of aromatic carboxylic acids is 1. The maximum absolute atomic E-state index is 10.5. The van der Waals surface area contributed by atoms with E-state index in [1.54, 1.807) is 19.1 Å². The van der Waals surface area contributed by atoms with Gasteiger partial charge in [0.15, 0.2) is 0 Å². The van der Waals surface area contributed by atoms with Crippen molar-refractivity contribution in [1.29, 1.82) is 5.26 Å². The van der Waals surface area contributed by atoms with Crippen molar-refractivity contribution in [2.75, 3.05) is 0 Å². The summed E-state index contributed by atoms with van der Waals surface area (Å²) in [5.74, 6) is -0.859. The van der Waals surface area contributed by atoms with E-state index in [2.05, 4.69) is 6.57 Å². The van der Waals surface area contributed by atoms with E-state index in [0.717, 1.165) is 11.1 Å². The van der Waals surface area contributed by atoms with Gasteiger partial charge in [0, 0.05) is 6.57 Å². The zero-order valence-corrected chi connectivity index (χ0v) is 7.61. The van der Waals surface area contributed by atoms with Crippen LogP contribution in [0.3, 0.4) is 0 Å². The van der Waals surface area contributed by atoms with Crippen LogP contribution in [0.4, 0.5) is 0 Å². The highest BCUT2D eigenvalue weighted by Gasteiger charge is 2.04. The molecule has 0 heterocycles. The fourth-order valence-corrected chi connectivity index (χ4v) is 1.05. The highest BCUT2D eigenvalue weighted by atomic mass is 16.4. The van der Waals surface area contributed by atoms with Gasteiger partial charge in [0.2, 0.25) is 0 Å². The molecule has 1 aromatic carbocycles. The van der Waals surface area contributed by atoms with Crippen molar-refractivity contribution in [2.45, 2.75) is 13.8 Å². The van der Waals surface area contributed by atoms with Crippen LogP contribution in [0.15, 0.2) is 18.2 Å². The number of benzene rings is 1. The first-order valence-corrected chi connectivity index (χ1v) is 3.67. The number of carboxylic acids is 1. The van der Waals surface area contributed by atoms with Crippen molar-refractivity contribution in [3.63, 3.8) is 0 Å². The smallest absolute Gasteiger partial charge is 0.335 e. The van der Waals surface area contributed by atoms with Crippen LogP contribution in [0.1, 0.15) is 21.5 Å². The molecule has 0 bridgehead atoms. The highest BCUT2D eigenvalue weighted by Crippen LogP contribution is 2.09. The van der Waals surface area contributed by atoms with E-state index in [9.17, 15) is 4.79 Å². The van der Waals surface area contributed by atoms with Gasteiger partial charge in [0.05, 0.1) is 5.56 Å². The van der Waals surface area contributed by atoms with Gasteiger partial charge < -0.3 is 5.11 Å². The van der Waals surface area contributed by atoms with Crippen molar-refractivity contribution in [1.82, 2.24) is 0 Å². The third-order valence-electron chi connectivity index (χ3n) is 1.61.